The quantitative estimate of drug-likeness (QED) is 0.790. The average molecular weight is 238 g/mol. The van der Waals surface area contributed by atoms with Gasteiger partial charge in [-0.15, -0.1) is 0 Å². The van der Waals surface area contributed by atoms with Crippen LogP contribution in [-0.2, 0) is 16.0 Å². The van der Waals surface area contributed by atoms with Crippen LogP contribution in [0.5, 0.6) is 0 Å². The minimum atomic E-state index is -0.655. The second-order valence-electron chi connectivity index (χ2n) is 4.27. The molecule has 1 aromatic heterocycles. The van der Waals surface area contributed by atoms with Gasteiger partial charge in [-0.3, -0.25) is 4.79 Å². The topological polar surface area (TPSA) is 68.7 Å². The van der Waals surface area contributed by atoms with Gasteiger partial charge in [0.15, 0.2) is 5.88 Å². The second-order valence-corrected chi connectivity index (χ2v) is 4.27. The van der Waals surface area contributed by atoms with E-state index in [1.54, 1.807) is 0 Å². The predicted octanol–water partition coefficient (Wildman–Crippen LogP) is 0.923. The summed E-state index contributed by atoms with van der Waals surface area (Å²) in [6.45, 7) is 2.08. The molecule has 0 spiro atoms. The number of esters is 1. The lowest BCUT2D eigenvalue weighted by Gasteiger charge is -2.13. The van der Waals surface area contributed by atoms with Crippen molar-refractivity contribution >= 4 is 11.9 Å². The van der Waals surface area contributed by atoms with E-state index in [9.17, 15) is 4.79 Å². The highest BCUT2D eigenvalue weighted by molar-refractivity contribution is 5.75. The Morgan fingerprint density at radius 1 is 1.53 bits per heavy atom. The normalized spacial score (nSPS) is 17.2. The Balaban J connectivity index is 1.96. The molecule has 0 aliphatic carbocycles. The van der Waals surface area contributed by atoms with Gasteiger partial charge < -0.3 is 19.8 Å². The maximum Gasteiger partial charge on any atom is 0.323 e. The number of ether oxygens (including phenoxy) is 1. The van der Waals surface area contributed by atoms with Crippen LogP contribution in [0.3, 0.4) is 0 Å². The third kappa shape index (κ3) is 2.79. The SMILES string of the molecule is COC(=O)C(N)Cc1ccc(N2CCCC2)o1. The Labute approximate surface area is 101 Å². The molecule has 0 aromatic carbocycles. The van der Waals surface area contributed by atoms with E-state index in [1.165, 1.54) is 20.0 Å². The van der Waals surface area contributed by atoms with Crippen LogP contribution in [-0.4, -0.2) is 32.2 Å². The molecular weight excluding hydrogens is 220 g/mol. The maximum atomic E-state index is 11.2. The Hall–Kier alpha value is -1.49. The summed E-state index contributed by atoms with van der Waals surface area (Å²) in [6, 6.07) is 3.15. The highest BCUT2D eigenvalue weighted by atomic mass is 16.5. The van der Waals surface area contributed by atoms with Crippen LogP contribution in [0.2, 0.25) is 0 Å². The largest absolute Gasteiger partial charge is 0.468 e. The fourth-order valence-electron chi connectivity index (χ4n) is 2.04. The van der Waals surface area contributed by atoms with Crippen LogP contribution in [0.25, 0.3) is 0 Å². The van der Waals surface area contributed by atoms with E-state index in [2.05, 4.69) is 9.64 Å². The number of hydrogen-bond acceptors (Lipinski definition) is 5. The first kappa shape index (κ1) is 12.0. The molecule has 1 saturated heterocycles. The fourth-order valence-corrected chi connectivity index (χ4v) is 2.04. The third-order valence-electron chi connectivity index (χ3n) is 2.99. The van der Waals surface area contributed by atoms with Crippen molar-refractivity contribution in [1.82, 2.24) is 0 Å². The lowest BCUT2D eigenvalue weighted by molar-refractivity contribution is -0.142. The summed E-state index contributed by atoms with van der Waals surface area (Å²) in [4.78, 5) is 13.4. The number of methoxy groups -OCH3 is 1. The number of furan rings is 1. The molecular formula is C12H18N2O3. The van der Waals surface area contributed by atoms with Crippen LogP contribution in [0.1, 0.15) is 18.6 Å². The Morgan fingerprint density at radius 2 is 2.24 bits per heavy atom. The summed E-state index contributed by atoms with van der Waals surface area (Å²) in [5.41, 5.74) is 5.67. The summed E-state index contributed by atoms with van der Waals surface area (Å²) in [7, 11) is 1.33. The number of nitrogens with zero attached hydrogens (tertiary/aromatic N) is 1. The van der Waals surface area contributed by atoms with Crippen molar-refractivity contribution < 1.29 is 13.9 Å². The maximum absolute atomic E-state index is 11.2. The van der Waals surface area contributed by atoms with Gasteiger partial charge in [-0.05, 0) is 18.9 Å². The van der Waals surface area contributed by atoms with E-state index < -0.39 is 12.0 Å². The van der Waals surface area contributed by atoms with E-state index in [1.807, 2.05) is 12.1 Å². The minimum absolute atomic E-state index is 0.376. The standard InChI is InChI=1S/C12H18N2O3/c1-16-12(15)10(13)8-9-4-5-11(17-9)14-6-2-3-7-14/h4-5,10H,2-3,6-8,13H2,1H3. The van der Waals surface area contributed by atoms with E-state index in [0.717, 1.165) is 24.7 Å². The molecule has 1 fully saturated rings. The molecule has 0 saturated carbocycles. The van der Waals surface area contributed by atoms with Crippen molar-refractivity contribution in [3.63, 3.8) is 0 Å². The van der Waals surface area contributed by atoms with Crippen LogP contribution in [0.4, 0.5) is 5.88 Å². The number of hydrogen-bond donors (Lipinski definition) is 1. The molecule has 0 amide bonds. The molecule has 94 valence electrons. The van der Waals surface area contributed by atoms with Gasteiger partial charge in [0.05, 0.1) is 7.11 Å². The van der Waals surface area contributed by atoms with Crippen LogP contribution in [0.15, 0.2) is 16.5 Å². The van der Waals surface area contributed by atoms with Crippen molar-refractivity contribution in [2.45, 2.75) is 25.3 Å². The first-order chi connectivity index (χ1) is 8.20. The van der Waals surface area contributed by atoms with Gasteiger partial charge in [0.2, 0.25) is 0 Å². The highest BCUT2D eigenvalue weighted by Gasteiger charge is 2.19. The monoisotopic (exact) mass is 238 g/mol. The molecule has 1 aliphatic rings. The van der Waals surface area contributed by atoms with Gasteiger partial charge in [-0.25, -0.2) is 0 Å². The van der Waals surface area contributed by atoms with Gasteiger partial charge in [-0.1, -0.05) is 0 Å². The zero-order valence-corrected chi connectivity index (χ0v) is 10.0. The number of carbonyl (C=O) groups excluding carboxylic acids is 1. The van der Waals surface area contributed by atoms with Gasteiger partial charge in [0.25, 0.3) is 0 Å². The van der Waals surface area contributed by atoms with E-state index in [4.69, 9.17) is 10.2 Å². The van der Waals surface area contributed by atoms with Crippen molar-refractivity contribution in [1.29, 1.82) is 0 Å². The van der Waals surface area contributed by atoms with E-state index in [0.29, 0.717) is 6.42 Å². The molecule has 2 N–H and O–H groups in total. The molecule has 1 unspecified atom stereocenters. The average Bonchev–Trinajstić information content (AvgIpc) is 2.97. The highest BCUT2D eigenvalue weighted by Crippen LogP contribution is 2.23. The molecule has 0 bridgehead atoms. The Morgan fingerprint density at radius 3 is 2.88 bits per heavy atom. The molecule has 2 heterocycles. The molecule has 1 aromatic rings. The third-order valence-corrected chi connectivity index (χ3v) is 2.99. The summed E-state index contributed by atoms with van der Waals surface area (Å²) >= 11 is 0. The Bertz CT molecular complexity index is 383. The van der Waals surface area contributed by atoms with Gasteiger partial charge in [-0.2, -0.15) is 0 Å². The van der Waals surface area contributed by atoms with Gasteiger partial charge in [0.1, 0.15) is 11.8 Å². The van der Waals surface area contributed by atoms with Crippen molar-refractivity contribution in [2.75, 3.05) is 25.1 Å². The first-order valence-corrected chi connectivity index (χ1v) is 5.88. The summed E-state index contributed by atoms with van der Waals surface area (Å²) in [6.07, 6.45) is 2.79. The van der Waals surface area contributed by atoms with Crippen LogP contribution < -0.4 is 10.6 Å². The summed E-state index contributed by atoms with van der Waals surface area (Å²) in [5, 5.41) is 0. The summed E-state index contributed by atoms with van der Waals surface area (Å²) in [5.74, 6) is 1.18. The molecule has 5 nitrogen and oxygen atoms in total. The summed E-state index contributed by atoms with van der Waals surface area (Å²) < 4.78 is 10.2. The van der Waals surface area contributed by atoms with Gasteiger partial charge in [0, 0.05) is 25.6 Å². The zero-order valence-electron chi connectivity index (χ0n) is 10.0. The van der Waals surface area contributed by atoms with E-state index in [-0.39, 0.29) is 0 Å². The van der Waals surface area contributed by atoms with Crippen LogP contribution >= 0.6 is 0 Å². The van der Waals surface area contributed by atoms with E-state index >= 15 is 0 Å². The zero-order chi connectivity index (χ0) is 12.3. The minimum Gasteiger partial charge on any atom is -0.468 e. The van der Waals surface area contributed by atoms with Crippen molar-refractivity contribution in [3.05, 3.63) is 17.9 Å². The Kier molecular flexibility index (Phi) is 3.68. The first-order valence-electron chi connectivity index (χ1n) is 5.88. The molecule has 1 atom stereocenters. The molecule has 5 heteroatoms. The smallest absolute Gasteiger partial charge is 0.323 e. The fraction of sp³-hybridized carbons (Fsp3) is 0.583. The number of carbonyl (C=O) groups is 1. The van der Waals surface area contributed by atoms with Crippen molar-refractivity contribution in [2.24, 2.45) is 5.73 Å². The van der Waals surface area contributed by atoms with Crippen molar-refractivity contribution in [3.8, 4) is 0 Å². The lowest BCUT2D eigenvalue weighted by atomic mass is 10.2. The molecule has 1 aliphatic heterocycles. The number of rotatable bonds is 4. The van der Waals surface area contributed by atoms with Crippen LogP contribution in [0, 0.1) is 0 Å². The second kappa shape index (κ2) is 5.23. The number of anilines is 1. The molecule has 2 rings (SSSR count). The van der Waals surface area contributed by atoms with Gasteiger partial charge >= 0.3 is 5.97 Å². The number of nitrogens with two attached hydrogens (primary N) is 1. The molecule has 0 radical (unpaired) electrons. The lowest BCUT2D eigenvalue weighted by Crippen LogP contribution is -2.33. The molecule has 17 heavy (non-hydrogen) atoms. The predicted molar refractivity (Wildman–Crippen MR) is 63.9 cm³/mol.